The SMILES string of the molecule is Cn1cc(C(N)C(=O)c2c(F)cccc2Cl)cn1. The molecule has 1 atom stereocenters. The molecule has 0 bridgehead atoms. The number of aryl methyl sites for hydroxylation is 1. The zero-order chi connectivity index (χ0) is 13.3. The van der Waals surface area contributed by atoms with Gasteiger partial charge >= 0.3 is 0 Å². The Morgan fingerprint density at radius 3 is 2.83 bits per heavy atom. The van der Waals surface area contributed by atoms with Crippen LogP contribution in [0.1, 0.15) is 22.0 Å². The number of nitrogens with zero attached hydrogens (tertiary/aromatic N) is 2. The lowest BCUT2D eigenvalue weighted by Gasteiger charge is -2.10. The molecule has 2 rings (SSSR count). The summed E-state index contributed by atoms with van der Waals surface area (Å²) < 4.78 is 15.1. The average Bonchev–Trinajstić information content (AvgIpc) is 2.74. The quantitative estimate of drug-likeness (QED) is 0.867. The largest absolute Gasteiger partial charge is 0.317 e. The summed E-state index contributed by atoms with van der Waals surface area (Å²) in [6, 6.07) is 3.08. The summed E-state index contributed by atoms with van der Waals surface area (Å²) >= 11 is 5.82. The Hall–Kier alpha value is -1.72. The zero-order valence-corrected chi connectivity index (χ0v) is 10.4. The van der Waals surface area contributed by atoms with Crippen LogP contribution >= 0.6 is 11.6 Å². The third kappa shape index (κ3) is 2.27. The van der Waals surface area contributed by atoms with Gasteiger partial charge in [-0.25, -0.2) is 4.39 Å². The van der Waals surface area contributed by atoms with Crippen LogP contribution < -0.4 is 5.73 Å². The molecule has 0 radical (unpaired) electrons. The number of hydrogen-bond donors (Lipinski definition) is 1. The van der Waals surface area contributed by atoms with Crippen molar-refractivity contribution in [1.82, 2.24) is 9.78 Å². The van der Waals surface area contributed by atoms with Gasteiger partial charge in [-0.05, 0) is 12.1 Å². The highest BCUT2D eigenvalue weighted by Crippen LogP contribution is 2.24. The van der Waals surface area contributed by atoms with Gasteiger partial charge in [-0.3, -0.25) is 9.48 Å². The number of ketones is 1. The van der Waals surface area contributed by atoms with Crippen LogP contribution in [0, 0.1) is 5.82 Å². The molecule has 0 saturated heterocycles. The molecule has 0 aliphatic rings. The first kappa shape index (κ1) is 12.7. The number of benzene rings is 1. The molecule has 2 aromatic rings. The van der Waals surface area contributed by atoms with Crippen LogP contribution in [0.5, 0.6) is 0 Å². The second-order valence-corrected chi connectivity index (χ2v) is 4.29. The maximum Gasteiger partial charge on any atom is 0.188 e. The van der Waals surface area contributed by atoms with Crippen molar-refractivity contribution < 1.29 is 9.18 Å². The van der Waals surface area contributed by atoms with Crippen LogP contribution in [0.2, 0.25) is 5.02 Å². The number of Topliss-reactive ketones (excluding diaryl/α,β-unsaturated/α-hetero) is 1. The maximum absolute atomic E-state index is 13.6. The molecule has 18 heavy (non-hydrogen) atoms. The Bertz CT molecular complexity index is 577. The van der Waals surface area contributed by atoms with Crippen LogP contribution in [0.4, 0.5) is 4.39 Å². The van der Waals surface area contributed by atoms with Crippen LogP contribution in [0.3, 0.4) is 0 Å². The Morgan fingerprint density at radius 2 is 2.28 bits per heavy atom. The van der Waals surface area contributed by atoms with Gasteiger partial charge in [0.15, 0.2) is 5.78 Å². The van der Waals surface area contributed by atoms with E-state index in [1.165, 1.54) is 29.1 Å². The Kier molecular flexibility index (Phi) is 3.45. The first-order chi connectivity index (χ1) is 8.50. The van der Waals surface area contributed by atoms with Crippen molar-refractivity contribution in [2.75, 3.05) is 0 Å². The number of aromatic nitrogens is 2. The molecule has 0 amide bonds. The van der Waals surface area contributed by atoms with E-state index in [4.69, 9.17) is 17.3 Å². The van der Waals surface area contributed by atoms with E-state index in [1.807, 2.05) is 0 Å². The minimum Gasteiger partial charge on any atom is -0.317 e. The maximum atomic E-state index is 13.6. The summed E-state index contributed by atoms with van der Waals surface area (Å²) in [7, 11) is 1.71. The predicted molar refractivity (Wildman–Crippen MR) is 65.9 cm³/mol. The van der Waals surface area contributed by atoms with E-state index in [0.717, 1.165) is 0 Å². The second kappa shape index (κ2) is 4.88. The molecule has 2 N–H and O–H groups in total. The van der Waals surface area contributed by atoms with E-state index in [2.05, 4.69) is 5.10 Å². The van der Waals surface area contributed by atoms with Crippen molar-refractivity contribution in [3.63, 3.8) is 0 Å². The van der Waals surface area contributed by atoms with Gasteiger partial charge in [0.25, 0.3) is 0 Å². The summed E-state index contributed by atoms with van der Waals surface area (Å²) in [6.45, 7) is 0. The minimum atomic E-state index is -0.979. The van der Waals surface area contributed by atoms with Crippen molar-refractivity contribution in [3.05, 3.63) is 52.6 Å². The topological polar surface area (TPSA) is 60.9 Å². The number of carbonyl (C=O) groups is 1. The van der Waals surface area contributed by atoms with E-state index in [0.29, 0.717) is 5.56 Å². The first-order valence-corrected chi connectivity index (χ1v) is 5.61. The van der Waals surface area contributed by atoms with Crippen LogP contribution in [0.15, 0.2) is 30.6 Å². The highest BCUT2D eigenvalue weighted by molar-refractivity contribution is 6.34. The number of rotatable bonds is 3. The molecule has 6 heteroatoms. The number of nitrogens with two attached hydrogens (primary N) is 1. The second-order valence-electron chi connectivity index (χ2n) is 3.89. The molecule has 1 unspecified atom stereocenters. The predicted octanol–water partition coefficient (Wildman–Crippen LogP) is 2.10. The molecule has 1 aromatic carbocycles. The van der Waals surface area contributed by atoms with Crippen molar-refractivity contribution in [1.29, 1.82) is 0 Å². The molecule has 94 valence electrons. The number of halogens is 2. The van der Waals surface area contributed by atoms with E-state index < -0.39 is 17.6 Å². The Morgan fingerprint density at radius 1 is 1.56 bits per heavy atom. The third-order valence-corrected chi connectivity index (χ3v) is 2.89. The van der Waals surface area contributed by atoms with Gasteiger partial charge < -0.3 is 5.73 Å². The van der Waals surface area contributed by atoms with Crippen LogP contribution in [-0.2, 0) is 7.05 Å². The summed E-state index contributed by atoms with van der Waals surface area (Å²) in [6.07, 6.45) is 3.08. The molecule has 0 aliphatic heterocycles. The molecule has 0 aliphatic carbocycles. The fourth-order valence-corrected chi connectivity index (χ4v) is 1.90. The molecule has 4 nitrogen and oxygen atoms in total. The normalized spacial score (nSPS) is 12.4. The lowest BCUT2D eigenvalue weighted by atomic mass is 10.0. The van der Waals surface area contributed by atoms with Crippen LogP contribution in [0.25, 0.3) is 0 Å². The fraction of sp³-hybridized carbons (Fsp3) is 0.167. The lowest BCUT2D eigenvalue weighted by Crippen LogP contribution is -2.22. The summed E-state index contributed by atoms with van der Waals surface area (Å²) in [5.41, 5.74) is 6.12. The Balaban J connectivity index is 2.37. The molecular formula is C12H11ClFN3O. The van der Waals surface area contributed by atoms with E-state index in [1.54, 1.807) is 13.2 Å². The van der Waals surface area contributed by atoms with Crippen LogP contribution in [-0.4, -0.2) is 15.6 Å². The minimum absolute atomic E-state index is 0.0549. The molecule has 0 spiro atoms. The van der Waals surface area contributed by atoms with E-state index in [9.17, 15) is 9.18 Å². The van der Waals surface area contributed by atoms with Gasteiger partial charge in [0.05, 0.1) is 22.8 Å². The van der Waals surface area contributed by atoms with Gasteiger partial charge in [-0.2, -0.15) is 5.10 Å². The van der Waals surface area contributed by atoms with E-state index in [-0.39, 0.29) is 10.6 Å². The summed E-state index contributed by atoms with van der Waals surface area (Å²) in [5.74, 6) is -1.24. The fourth-order valence-electron chi connectivity index (χ4n) is 1.64. The lowest BCUT2D eigenvalue weighted by molar-refractivity contribution is 0.0957. The highest BCUT2D eigenvalue weighted by atomic mass is 35.5. The molecule has 0 saturated carbocycles. The molecular weight excluding hydrogens is 257 g/mol. The van der Waals surface area contributed by atoms with Gasteiger partial charge in [0.1, 0.15) is 5.82 Å². The van der Waals surface area contributed by atoms with Gasteiger partial charge in [0, 0.05) is 18.8 Å². The van der Waals surface area contributed by atoms with Gasteiger partial charge in [0.2, 0.25) is 0 Å². The standard InChI is InChI=1S/C12H11ClFN3O/c1-17-6-7(5-16-17)11(15)12(18)10-8(13)3-2-4-9(10)14/h2-6,11H,15H2,1H3. The van der Waals surface area contributed by atoms with Crippen molar-refractivity contribution in [2.45, 2.75) is 6.04 Å². The average molecular weight is 268 g/mol. The number of hydrogen-bond acceptors (Lipinski definition) is 3. The summed E-state index contributed by atoms with van der Waals surface area (Å²) in [4.78, 5) is 12.1. The Labute approximate surface area is 108 Å². The smallest absolute Gasteiger partial charge is 0.188 e. The highest BCUT2D eigenvalue weighted by Gasteiger charge is 2.24. The van der Waals surface area contributed by atoms with E-state index >= 15 is 0 Å². The molecule has 1 aromatic heterocycles. The zero-order valence-electron chi connectivity index (χ0n) is 9.60. The molecule has 0 fully saturated rings. The van der Waals surface area contributed by atoms with Gasteiger partial charge in [-0.15, -0.1) is 0 Å². The first-order valence-electron chi connectivity index (χ1n) is 5.23. The van der Waals surface area contributed by atoms with Crippen molar-refractivity contribution in [2.24, 2.45) is 12.8 Å². The third-order valence-electron chi connectivity index (χ3n) is 2.58. The monoisotopic (exact) mass is 267 g/mol. The molecule has 1 heterocycles. The van der Waals surface area contributed by atoms with Crippen molar-refractivity contribution in [3.8, 4) is 0 Å². The number of carbonyl (C=O) groups excluding carboxylic acids is 1. The summed E-state index contributed by atoms with van der Waals surface area (Å²) in [5, 5.41) is 3.97. The van der Waals surface area contributed by atoms with Gasteiger partial charge in [-0.1, -0.05) is 17.7 Å². The van der Waals surface area contributed by atoms with Crippen molar-refractivity contribution >= 4 is 17.4 Å².